The fourth-order valence-corrected chi connectivity index (χ4v) is 2.95. The molecule has 0 saturated carbocycles. The summed E-state index contributed by atoms with van der Waals surface area (Å²) in [4.78, 5) is 13.2. The lowest BCUT2D eigenvalue weighted by Gasteiger charge is -2.04. The fourth-order valence-electron chi connectivity index (χ4n) is 1.91. The van der Waals surface area contributed by atoms with E-state index in [1.807, 2.05) is 41.8 Å². The van der Waals surface area contributed by atoms with Crippen LogP contribution in [0.3, 0.4) is 0 Å². The molecule has 6 nitrogen and oxygen atoms in total. The van der Waals surface area contributed by atoms with Gasteiger partial charge in [0.1, 0.15) is 0 Å². The summed E-state index contributed by atoms with van der Waals surface area (Å²) in [5.74, 6) is -0.131. The van der Waals surface area contributed by atoms with E-state index in [4.69, 9.17) is 5.73 Å². The first-order chi connectivity index (χ1) is 10.6. The maximum Gasteiger partial charge on any atom is 0.276 e. The smallest absolute Gasteiger partial charge is 0.276 e. The summed E-state index contributed by atoms with van der Waals surface area (Å²) in [5.41, 5.74) is 6.85. The van der Waals surface area contributed by atoms with Crippen LogP contribution in [-0.4, -0.2) is 20.9 Å². The minimum absolute atomic E-state index is 0.122. The molecule has 3 aromatic rings. The number of halogens is 1. The zero-order chi connectivity index (χ0) is 15.5. The molecule has 0 spiro atoms. The van der Waals surface area contributed by atoms with E-state index in [9.17, 15) is 4.79 Å². The molecule has 8 heteroatoms. The summed E-state index contributed by atoms with van der Waals surface area (Å²) < 4.78 is 2.33. The van der Waals surface area contributed by atoms with Gasteiger partial charge in [0, 0.05) is 9.35 Å². The molecule has 2 heterocycles. The molecule has 1 aromatic carbocycles. The number of anilines is 1. The van der Waals surface area contributed by atoms with Crippen LogP contribution in [0.5, 0.6) is 0 Å². The number of rotatable bonds is 4. The molecule has 0 aliphatic heterocycles. The number of hydrogen-bond acceptors (Lipinski definition) is 5. The number of benzene rings is 1. The zero-order valence-electron chi connectivity index (χ0n) is 11.4. The Morgan fingerprint density at radius 2 is 2.23 bits per heavy atom. The molecule has 0 saturated heterocycles. The van der Waals surface area contributed by atoms with E-state index in [-0.39, 0.29) is 17.4 Å². The maximum absolute atomic E-state index is 12.2. The van der Waals surface area contributed by atoms with Crippen LogP contribution in [0.2, 0.25) is 0 Å². The van der Waals surface area contributed by atoms with Gasteiger partial charge in [-0.15, -0.1) is 16.4 Å². The normalized spacial score (nSPS) is 10.6. The van der Waals surface area contributed by atoms with Crippen molar-refractivity contribution in [1.82, 2.24) is 20.3 Å². The first kappa shape index (κ1) is 14.7. The average molecular weight is 378 g/mol. The molecule has 112 valence electrons. The molecule has 22 heavy (non-hydrogen) atoms. The third-order valence-corrected chi connectivity index (χ3v) is 4.35. The third-order valence-electron chi connectivity index (χ3n) is 2.98. The van der Waals surface area contributed by atoms with Crippen molar-refractivity contribution in [1.29, 1.82) is 0 Å². The summed E-state index contributed by atoms with van der Waals surface area (Å²) in [6.45, 7) is 0.444. The molecule has 0 fully saturated rings. The van der Waals surface area contributed by atoms with Gasteiger partial charge in [0.2, 0.25) is 0 Å². The number of thiophene rings is 1. The number of hydrogen-bond donors (Lipinski definition) is 2. The topological polar surface area (TPSA) is 85.8 Å². The van der Waals surface area contributed by atoms with Crippen molar-refractivity contribution in [3.05, 3.63) is 56.8 Å². The van der Waals surface area contributed by atoms with E-state index < -0.39 is 0 Å². The van der Waals surface area contributed by atoms with Gasteiger partial charge in [-0.1, -0.05) is 33.3 Å². The Kier molecular flexibility index (Phi) is 4.21. The van der Waals surface area contributed by atoms with E-state index in [2.05, 4.69) is 31.6 Å². The number of nitrogen functional groups attached to an aromatic ring is 1. The number of nitrogens with one attached hydrogen (secondary N) is 1. The summed E-state index contributed by atoms with van der Waals surface area (Å²) in [5, 5.41) is 12.6. The van der Waals surface area contributed by atoms with Crippen molar-refractivity contribution >= 4 is 39.0 Å². The summed E-state index contributed by atoms with van der Waals surface area (Å²) in [6, 6.07) is 11.3. The highest BCUT2D eigenvalue weighted by molar-refractivity contribution is 9.10. The number of carbonyl (C=O) groups excluding carboxylic acids is 1. The second-order valence-corrected chi connectivity index (χ2v) is 6.42. The van der Waals surface area contributed by atoms with E-state index in [0.717, 1.165) is 15.0 Å². The zero-order valence-corrected chi connectivity index (χ0v) is 13.8. The van der Waals surface area contributed by atoms with Gasteiger partial charge in [0.05, 0.1) is 12.2 Å². The van der Waals surface area contributed by atoms with Crippen LogP contribution in [-0.2, 0) is 6.54 Å². The van der Waals surface area contributed by atoms with Crippen molar-refractivity contribution in [3.63, 3.8) is 0 Å². The number of carbonyl (C=O) groups is 1. The monoisotopic (exact) mass is 377 g/mol. The Morgan fingerprint density at radius 1 is 1.36 bits per heavy atom. The lowest BCUT2D eigenvalue weighted by Crippen LogP contribution is -2.23. The molecule has 0 atom stereocenters. The second kappa shape index (κ2) is 6.29. The van der Waals surface area contributed by atoms with Crippen LogP contribution in [0, 0.1) is 0 Å². The largest absolute Gasteiger partial charge is 0.382 e. The average Bonchev–Trinajstić information content (AvgIpc) is 3.14. The van der Waals surface area contributed by atoms with Gasteiger partial charge in [0.15, 0.2) is 11.5 Å². The predicted molar refractivity (Wildman–Crippen MR) is 89.0 cm³/mol. The van der Waals surface area contributed by atoms with Gasteiger partial charge < -0.3 is 11.1 Å². The maximum atomic E-state index is 12.2. The first-order valence-corrected chi connectivity index (χ1v) is 8.10. The molecule has 3 rings (SSSR count). The van der Waals surface area contributed by atoms with Crippen LogP contribution in [0.4, 0.5) is 5.82 Å². The second-order valence-electron chi connectivity index (χ2n) is 4.48. The highest BCUT2D eigenvalue weighted by atomic mass is 79.9. The van der Waals surface area contributed by atoms with Gasteiger partial charge in [-0.3, -0.25) is 4.79 Å². The number of amides is 1. The van der Waals surface area contributed by atoms with E-state index in [1.54, 1.807) is 11.3 Å². The molecule has 0 aliphatic rings. The molecule has 0 aliphatic carbocycles. The van der Waals surface area contributed by atoms with Gasteiger partial charge in [0.25, 0.3) is 5.91 Å². The van der Waals surface area contributed by atoms with Gasteiger partial charge >= 0.3 is 0 Å². The van der Waals surface area contributed by atoms with Crippen molar-refractivity contribution in [2.75, 3.05) is 5.73 Å². The van der Waals surface area contributed by atoms with E-state index in [1.165, 1.54) is 4.68 Å². The summed E-state index contributed by atoms with van der Waals surface area (Å²) >= 11 is 4.96. The van der Waals surface area contributed by atoms with Crippen LogP contribution in [0.25, 0.3) is 5.69 Å². The Labute approximate surface area is 139 Å². The molecule has 2 aromatic heterocycles. The molecule has 1 amide bonds. The van der Waals surface area contributed by atoms with Crippen molar-refractivity contribution in [2.45, 2.75) is 6.54 Å². The van der Waals surface area contributed by atoms with Crippen molar-refractivity contribution in [2.24, 2.45) is 0 Å². The number of nitrogens with zero attached hydrogens (tertiary/aromatic N) is 3. The predicted octanol–water partition coefficient (Wildman–Crippen LogP) is 2.60. The Hall–Kier alpha value is -2.19. The number of aromatic nitrogens is 3. The van der Waals surface area contributed by atoms with Gasteiger partial charge in [-0.25, -0.2) is 0 Å². The standard InChI is InChI=1S/C14H12BrN5OS/c15-9-3-1-4-10(7-9)20-13(16)12(18-19-20)14(21)17-8-11-5-2-6-22-11/h1-7H,8,16H2,(H,17,21). The first-order valence-electron chi connectivity index (χ1n) is 6.43. The van der Waals surface area contributed by atoms with E-state index >= 15 is 0 Å². The highest BCUT2D eigenvalue weighted by Crippen LogP contribution is 2.19. The van der Waals surface area contributed by atoms with E-state index in [0.29, 0.717) is 6.54 Å². The highest BCUT2D eigenvalue weighted by Gasteiger charge is 2.18. The molecular formula is C14H12BrN5OS. The quantitative estimate of drug-likeness (QED) is 0.731. The third kappa shape index (κ3) is 3.02. The molecule has 0 unspecified atom stereocenters. The van der Waals surface area contributed by atoms with Crippen LogP contribution in [0.15, 0.2) is 46.3 Å². The molecule has 0 radical (unpaired) electrons. The van der Waals surface area contributed by atoms with Crippen LogP contribution < -0.4 is 11.1 Å². The van der Waals surface area contributed by atoms with Crippen molar-refractivity contribution < 1.29 is 4.79 Å². The van der Waals surface area contributed by atoms with Gasteiger partial charge in [-0.2, -0.15) is 4.68 Å². The summed E-state index contributed by atoms with van der Waals surface area (Å²) in [6.07, 6.45) is 0. The minimum atomic E-state index is -0.341. The summed E-state index contributed by atoms with van der Waals surface area (Å²) in [7, 11) is 0. The Morgan fingerprint density at radius 3 is 2.95 bits per heavy atom. The fraction of sp³-hybridized carbons (Fsp3) is 0.0714. The molecule has 3 N–H and O–H groups in total. The molecule has 0 bridgehead atoms. The van der Waals surface area contributed by atoms with Crippen LogP contribution in [0.1, 0.15) is 15.4 Å². The van der Waals surface area contributed by atoms with Gasteiger partial charge in [-0.05, 0) is 29.6 Å². The number of nitrogens with two attached hydrogens (primary N) is 1. The Balaban J connectivity index is 1.79. The Bertz CT molecular complexity index is 799. The molecular weight excluding hydrogens is 366 g/mol. The van der Waals surface area contributed by atoms with Crippen LogP contribution >= 0.6 is 27.3 Å². The lowest BCUT2D eigenvalue weighted by molar-refractivity contribution is 0.0947. The minimum Gasteiger partial charge on any atom is -0.382 e. The SMILES string of the molecule is Nc1c(C(=O)NCc2cccs2)nnn1-c1cccc(Br)c1. The van der Waals surface area contributed by atoms with Crippen molar-refractivity contribution in [3.8, 4) is 5.69 Å². The lowest BCUT2D eigenvalue weighted by atomic mass is 10.3.